The maximum atomic E-state index is 14.1. The van der Waals surface area contributed by atoms with Gasteiger partial charge in [-0.1, -0.05) is 6.92 Å². The summed E-state index contributed by atoms with van der Waals surface area (Å²) < 4.78 is 28.2. The summed E-state index contributed by atoms with van der Waals surface area (Å²) in [5.41, 5.74) is 5.93. The Bertz CT molecular complexity index is 996. The van der Waals surface area contributed by atoms with Crippen LogP contribution in [0.5, 0.6) is 0 Å². The van der Waals surface area contributed by atoms with E-state index in [2.05, 4.69) is 32.2 Å². The number of carbonyl (C=O) groups excluding carboxylic acids is 1. The highest BCUT2D eigenvalue weighted by Gasteiger charge is 2.37. The van der Waals surface area contributed by atoms with E-state index in [0.717, 1.165) is 13.1 Å². The fraction of sp³-hybridized carbons (Fsp3) is 0.250. The summed E-state index contributed by atoms with van der Waals surface area (Å²) in [6.07, 6.45) is 4.27. The van der Waals surface area contributed by atoms with Crippen LogP contribution in [-0.4, -0.2) is 28.5 Å². The SMILES string of the molecule is CC(C(Nc1ccc(C#N)cc1C=N)c1cnc(C#CSI)nc1)C(C)(F)F.NC=O. The molecule has 1 aromatic carbocycles. The van der Waals surface area contributed by atoms with Gasteiger partial charge in [-0.3, -0.25) is 4.79 Å². The normalized spacial score (nSPS) is 12.0. The third kappa shape index (κ3) is 8.11. The fourth-order valence-electron chi connectivity index (χ4n) is 2.47. The van der Waals surface area contributed by atoms with Gasteiger partial charge in [-0.25, -0.2) is 18.7 Å². The second kappa shape index (κ2) is 12.8. The summed E-state index contributed by atoms with van der Waals surface area (Å²) in [5.74, 6) is -0.996. The van der Waals surface area contributed by atoms with Crippen LogP contribution in [-0.2, 0) is 4.79 Å². The number of benzene rings is 1. The monoisotopic (exact) mass is 556 g/mol. The summed E-state index contributed by atoms with van der Waals surface area (Å²) in [7, 11) is 1.30. The lowest BCUT2D eigenvalue weighted by Crippen LogP contribution is -2.32. The van der Waals surface area contributed by atoms with Crippen LogP contribution in [0.25, 0.3) is 0 Å². The summed E-state index contributed by atoms with van der Waals surface area (Å²) in [6, 6.07) is 5.88. The van der Waals surface area contributed by atoms with Gasteiger partial charge in [0.2, 0.25) is 18.2 Å². The zero-order chi connectivity index (χ0) is 23.4. The lowest BCUT2D eigenvalue weighted by atomic mass is 9.91. The molecule has 0 fully saturated rings. The second-order valence-corrected chi connectivity index (χ2v) is 7.89. The molecular weight excluding hydrogens is 537 g/mol. The molecule has 2 atom stereocenters. The van der Waals surface area contributed by atoms with Crippen LogP contribution in [0.3, 0.4) is 0 Å². The zero-order valence-electron chi connectivity index (χ0n) is 16.6. The van der Waals surface area contributed by atoms with E-state index in [9.17, 15) is 8.78 Å². The Hall–Kier alpha value is -2.77. The molecule has 0 aliphatic rings. The zero-order valence-corrected chi connectivity index (χ0v) is 19.5. The van der Waals surface area contributed by atoms with Crippen molar-refractivity contribution >= 4 is 48.5 Å². The molecule has 0 saturated heterocycles. The van der Waals surface area contributed by atoms with Crippen LogP contribution in [0.4, 0.5) is 14.5 Å². The molecule has 1 heterocycles. The van der Waals surface area contributed by atoms with Crippen molar-refractivity contribution in [1.82, 2.24) is 9.97 Å². The molecule has 0 bridgehead atoms. The number of aromatic nitrogens is 2. The van der Waals surface area contributed by atoms with E-state index in [0.29, 0.717) is 28.2 Å². The maximum Gasteiger partial charge on any atom is 0.250 e. The first kappa shape index (κ1) is 26.3. The molecule has 1 aromatic heterocycles. The third-order valence-corrected chi connectivity index (χ3v) is 5.02. The van der Waals surface area contributed by atoms with Gasteiger partial charge < -0.3 is 16.5 Å². The van der Waals surface area contributed by atoms with Crippen LogP contribution >= 0.6 is 30.1 Å². The van der Waals surface area contributed by atoms with Crippen LogP contribution in [0.1, 0.15) is 42.4 Å². The largest absolute Gasteiger partial charge is 0.377 e. The first-order valence-corrected chi connectivity index (χ1v) is 12.0. The Morgan fingerprint density at radius 3 is 2.48 bits per heavy atom. The predicted octanol–water partition coefficient (Wildman–Crippen LogP) is 4.28. The molecule has 31 heavy (non-hydrogen) atoms. The quantitative estimate of drug-likeness (QED) is 0.211. The molecule has 0 saturated carbocycles. The van der Waals surface area contributed by atoms with Crippen molar-refractivity contribution in [3.63, 3.8) is 0 Å². The maximum absolute atomic E-state index is 14.1. The van der Waals surface area contributed by atoms with Crippen molar-refractivity contribution in [2.75, 3.05) is 5.32 Å². The molecule has 162 valence electrons. The van der Waals surface area contributed by atoms with E-state index in [4.69, 9.17) is 15.5 Å². The number of nitriles is 1. The number of hydrogen-bond acceptors (Lipinski definition) is 7. The van der Waals surface area contributed by atoms with E-state index in [1.165, 1.54) is 34.3 Å². The molecule has 0 aliphatic heterocycles. The Morgan fingerprint density at radius 2 is 2.00 bits per heavy atom. The van der Waals surface area contributed by atoms with E-state index in [-0.39, 0.29) is 6.41 Å². The molecule has 11 heteroatoms. The minimum atomic E-state index is -2.97. The van der Waals surface area contributed by atoms with Crippen LogP contribution < -0.4 is 11.1 Å². The van der Waals surface area contributed by atoms with Crippen LogP contribution in [0.15, 0.2) is 30.6 Å². The number of hydrogen-bond donors (Lipinski definition) is 3. The molecule has 7 nitrogen and oxygen atoms in total. The lowest BCUT2D eigenvalue weighted by Gasteiger charge is -2.30. The number of alkyl halides is 2. The molecule has 0 radical (unpaired) electrons. The van der Waals surface area contributed by atoms with Gasteiger partial charge in [0, 0.05) is 62.5 Å². The summed E-state index contributed by atoms with van der Waals surface area (Å²) in [4.78, 5) is 16.9. The molecule has 4 N–H and O–H groups in total. The lowest BCUT2D eigenvalue weighted by molar-refractivity contribution is -0.106. The van der Waals surface area contributed by atoms with Crippen molar-refractivity contribution in [2.45, 2.75) is 25.8 Å². The average Bonchev–Trinajstić information content (AvgIpc) is 2.76. The molecule has 1 amide bonds. The molecular formula is C20H19F2IN6OS. The van der Waals surface area contributed by atoms with Gasteiger partial charge in [-0.05, 0) is 45.2 Å². The number of halogens is 3. The Labute approximate surface area is 195 Å². The summed E-state index contributed by atoms with van der Waals surface area (Å²) in [5, 5.41) is 22.4. The second-order valence-electron chi connectivity index (χ2n) is 6.21. The number of rotatable bonds is 6. The number of anilines is 1. The van der Waals surface area contributed by atoms with Gasteiger partial charge in [0.05, 0.1) is 17.7 Å². The highest BCUT2D eigenvalue weighted by molar-refractivity contribution is 14.2. The smallest absolute Gasteiger partial charge is 0.250 e. The number of primary amides is 1. The predicted molar refractivity (Wildman–Crippen MR) is 126 cm³/mol. The Morgan fingerprint density at radius 1 is 1.39 bits per heavy atom. The number of amides is 1. The van der Waals surface area contributed by atoms with E-state index < -0.39 is 17.9 Å². The molecule has 2 rings (SSSR count). The minimum absolute atomic E-state index is 0.250. The summed E-state index contributed by atoms with van der Waals surface area (Å²) >= 11 is 2.03. The topological polar surface area (TPSA) is 129 Å². The first-order chi connectivity index (χ1) is 14.7. The van der Waals surface area contributed by atoms with Crippen LogP contribution in [0.2, 0.25) is 0 Å². The van der Waals surface area contributed by atoms with Gasteiger partial charge in [-0.2, -0.15) is 5.26 Å². The highest BCUT2D eigenvalue weighted by atomic mass is 127. The number of nitrogens with one attached hydrogen (secondary N) is 2. The molecule has 0 spiro atoms. The average molecular weight is 556 g/mol. The highest BCUT2D eigenvalue weighted by Crippen LogP contribution is 2.37. The standard InChI is InChI=1S/C19H16F2IN5S.CH3NO/c1-12(19(2,20)21)18(15-10-25-17(26-11-15)5-6-28-22)27-16-4-3-13(8-23)7-14(16)9-24;2-1-3/h3-4,7,9-12,18,24,27H,1-2H3;1H,(H2,2,3). The van der Waals surface area contributed by atoms with Crippen molar-refractivity contribution < 1.29 is 13.6 Å². The van der Waals surface area contributed by atoms with Gasteiger partial charge in [0.25, 0.3) is 0 Å². The number of carbonyl (C=O) groups is 1. The minimum Gasteiger partial charge on any atom is -0.377 e. The van der Waals surface area contributed by atoms with Crippen molar-refractivity contribution in [3.05, 3.63) is 53.1 Å². The molecule has 2 aromatic rings. The van der Waals surface area contributed by atoms with Crippen LogP contribution in [0, 0.1) is 33.8 Å². The van der Waals surface area contributed by atoms with Gasteiger partial charge in [0.1, 0.15) is 0 Å². The van der Waals surface area contributed by atoms with Gasteiger partial charge in [0.15, 0.2) is 0 Å². The number of nitrogens with two attached hydrogens (primary N) is 1. The molecule has 0 aliphatic carbocycles. The number of nitrogens with zero attached hydrogens (tertiary/aromatic N) is 3. The summed E-state index contributed by atoms with van der Waals surface area (Å²) in [6.45, 7) is 2.30. The Kier molecular flexibility index (Phi) is 10.9. The van der Waals surface area contributed by atoms with Gasteiger partial charge >= 0.3 is 0 Å². The van der Waals surface area contributed by atoms with Crippen molar-refractivity contribution in [1.29, 1.82) is 10.7 Å². The Balaban J connectivity index is 0.00000151. The first-order valence-electron chi connectivity index (χ1n) is 8.66. The van der Waals surface area contributed by atoms with Gasteiger partial charge in [-0.15, -0.1) is 0 Å². The third-order valence-electron chi connectivity index (χ3n) is 4.18. The van der Waals surface area contributed by atoms with E-state index in [1.807, 2.05) is 27.3 Å². The van der Waals surface area contributed by atoms with E-state index in [1.54, 1.807) is 12.1 Å². The van der Waals surface area contributed by atoms with E-state index >= 15 is 0 Å². The van der Waals surface area contributed by atoms with Crippen molar-refractivity contribution in [3.8, 4) is 17.2 Å². The van der Waals surface area contributed by atoms with Crippen molar-refractivity contribution in [2.24, 2.45) is 11.7 Å². The fourth-order valence-corrected chi connectivity index (χ4v) is 2.93. The molecule has 2 unspecified atom stereocenters.